The van der Waals surface area contributed by atoms with Crippen LogP contribution in [0, 0.1) is 16.9 Å². The SMILES string of the molecule is CSC(=NCC1(C)CCCC1)NC#N. The van der Waals surface area contributed by atoms with E-state index in [9.17, 15) is 0 Å². The van der Waals surface area contributed by atoms with E-state index in [4.69, 9.17) is 5.26 Å². The van der Waals surface area contributed by atoms with E-state index in [0.717, 1.165) is 11.7 Å². The van der Waals surface area contributed by atoms with Crippen LogP contribution in [0.15, 0.2) is 4.99 Å². The summed E-state index contributed by atoms with van der Waals surface area (Å²) in [7, 11) is 0. The Labute approximate surface area is 90.0 Å². The lowest BCUT2D eigenvalue weighted by Crippen LogP contribution is -2.20. The Morgan fingerprint density at radius 1 is 1.57 bits per heavy atom. The Kier molecular flexibility index (Phi) is 4.27. The normalized spacial score (nSPS) is 20.5. The number of hydrogen-bond donors (Lipinski definition) is 1. The number of nitrogens with zero attached hydrogens (tertiary/aromatic N) is 2. The molecule has 1 rings (SSSR count). The van der Waals surface area contributed by atoms with Crippen LogP contribution >= 0.6 is 11.8 Å². The van der Waals surface area contributed by atoms with Crippen molar-refractivity contribution >= 4 is 16.9 Å². The molecule has 1 aliphatic rings. The van der Waals surface area contributed by atoms with Crippen LogP contribution in [0.25, 0.3) is 0 Å². The summed E-state index contributed by atoms with van der Waals surface area (Å²) in [6.45, 7) is 3.13. The number of amidine groups is 1. The molecular weight excluding hydrogens is 194 g/mol. The highest BCUT2D eigenvalue weighted by Gasteiger charge is 2.28. The fourth-order valence-corrected chi connectivity index (χ4v) is 2.19. The van der Waals surface area contributed by atoms with Gasteiger partial charge >= 0.3 is 0 Å². The molecule has 0 radical (unpaired) electrons. The minimum atomic E-state index is 0.373. The van der Waals surface area contributed by atoms with Crippen molar-refractivity contribution in [3.63, 3.8) is 0 Å². The second kappa shape index (κ2) is 5.26. The molecule has 0 amide bonds. The lowest BCUT2D eigenvalue weighted by atomic mass is 9.89. The third-order valence-electron chi connectivity index (χ3n) is 2.77. The summed E-state index contributed by atoms with van der Waals surface area (Å²) in [6.07, 6.45) is 9.02. The Hall–Kier alpha value is -0.690. The highest BCUT2D eigenvalue weighted by atomic mass is 32.2. The summed E-state index contributed by atoms with van der Waals surface area (Å²) in [5.41, 5.74) is 0.373. The molecule has 4 heteroatoms. The molecule has 0 aromatic carbocycles. The van der Waals surface area contributed by atoms with E-state index in [0.29, 0.717) is 5.41 Å². The zero-order valence-corrected chi connectivity index (χ0v) is 9.65. The molecule has 0 unspecified atom stereocenters. The molecule has 0 spiro atoms. The van der Waals surface area contributed by atoms with Crippen LogP contribution in [0.1, 0.15) is 32.6 Å². The Balaban J connectivity index is 2.47. The standard InChI is InChI=1S/C10H17N3S/c1-10(5-3-4-6-10)7-12-9(14-2)13-8-11/h3-7H2,1-2H3,(H,12,13). The van der Waals surface area contributed by atoms with Crippen molar-refractivity contribution in [1.82, 2.24) is 5.32 Å². The highest BCUT2D eigenvalue weighted by molar-refractivity contribution is 8.13. The van der Waals surface area contributed by atoms with Gasteiger partial charge in [0.05, 0.1) is 0 Å². The quantitative estimate of drug-likeness (QED) is 0.330. The minimum absolute atomic E-state index is 0.373. The molecule has 1 fully saturated rings. The molecule has 0 atom stereocenters. The van der Waals surface area contributed by atoms with Crippen LogP contribution in [0.2, 0.25) is 0 Å². The molecule has 1 aliphatic carbocycles. The van der Waals surface area contributed by atoms with Crippen molar-refractivity contribution < 1.29 is 0 Å². The van der Waals surface area contributed by atoms with Crippen molar-refractivity contribution in [2.45, 2.75) is 32.6 Å². The lowest BCUT2D eigenvalue weighted by molar-refractivity contribution is 0.351. The van der Waals surface area contributed by atoms with Gasteiger partial charge in [-0.2, -0.15) is 5.26 Å². The van der Waals surface area contributed by atoms with Crippen LogP contribution in [-0.4, -0.2) is 18.0 Å². The summed E-state index contributed by atoms with van der Waals surface area (Å²) in [6, 6.07) is 0. The fraction of sp³-hybridized carbons (Fsp3) is 0.800. The van der Waals surface area contributed by atoms with E-state index < -0.39 is 0 Å². The topological polar surface area (TPSA) is 48.2 Å². The minimum Gasteiger partial charge on any atom is -0.272 e. The first-order chi connectivity index (χ1) is 6.70. The first kappa shape index (κ1) is 11.4. The van der Waals surface area contributed by atoms with Crippen molar-refractivity contribution in [3.05, 3.63) is 0 Å². The molecule has 1 saturated carbocycles. The van der Waals surface area contributed by atoms with Crippen molar-refractivity contribution in [3.8, 4) is 6.19 Å². The lowest BCUT2D eigenvalue weighted by Gasteiger charge is -2.20. The third kappa shape index (κ3) is 3.22. The van der Waals surface area contributed by atoms with Gasteiger partial charge in [0.1, 0.15) is 0 Å². The van der Waals surface area contributed by atoms with Crippen LogP contribution in [0.3, 0.4) is 0 Å². The summed E-state index contributed by atoms with van der Waals surface area (Å²) in [4.78, 5) is 4.43. The van der Waals surface area contributed by atoms with Gasteiger partial charge in [0, 0.05) is 6.54 Å². The van der Waals surface area contributed by atoms with Crippen molar-refractivity contribution in [2.24, 2.45) is 10.4 Å². The molecule has 0 saturated heterocycles. The van der Waals surface area contributed by atoms with Gasteiger partial charge in [-0.15, -0.1) is 0 Å². The van der Waals surface area contributed by atoms with E-state index in [1.807, 2.05) is 12.4 Å². The number of aliphatic imine (C=N–C) groups is 1. The van der Waals surface area contributed by atoms with Crippen molar-refractivity contribution in [2.75, 3.05) is 12.8 Å². The first-order valence-electron chi connectivity index (χ1n) is 4.94. The molecule has 0 aromatic heterocycles. The molecule has 3 nitrogen and oxygen atoms in total. The number of nitrogens with one attached hydrogen (secondary N) is 1. The maximum atomic E-state index is 8.47. The predicted octanol–water partition coefficient (Wildman–Crippen LogP) is 2.36. The molecule has 0 bridgehead atoms. The number of hydrogen-bond acceptors (Lipinski definition) is 3. The van der Waals surface area contributed by atoms with E-state index in [1.165, 1.54) is 37.4 Å². The van der Waals surface area contributed by atoms with Gasteiger partial charge in [0.2, 0.25) is 0 Å². The Morgan fingerprint density at radius 3 is 2.71 bits per heavy atom. The molecule has 1 N–H and O–H groups in total. The van der Waals surface area contributed by atoms with E-state index in [-0.39, 0.29) is 0 Å². The number of rotatable bonds is 2. The van der Waals surface area contributed by atoms with E-state index in [2.05, 4.69) is 17.2 Å². The van der Waals surface area contributed by atoms with Gasteiger partial charge < -0.3 is 0 Å². The second-order valence-corrected chi connectivity index (χ2v) is 4.88. The number of nitriles is 1. The predicted molar refractivity (Wildman–Crippen MR) is 61.1 cm³/mol. The zero-order valence-electron chi connectivity index (χ0n) is 8.84. The van der Waals surface area contributed by atoms with E-state index >= 15 is 0 Å². The summed E-state index contributed by atoms with van der Waals surface area (Å²) in [5, 5.41) is 11.8. The summed E-state index contributed by atoms with van der Waals surface area (Å²) < 4.78 is 0. The van der Waals surface area contributed by atoms with Gasteiger partial charge in [-0.3, -0.25) is 10.3 Å². The van der Waals surface area contributed by atoms with Crippen LogP contribution < -0.4 is 5.32 Å². The third-order valence-corrected chi connectivity index (χ3v) is 3.39. The monoisotopic (exact) mass is 211 g/mol. The van der Waals surface area contributed by atoms with Gasteiger partial charge in [-0.05, 0) is 24.5 Å². The Morgan fingerprint density at radius 2 is 2.21 bits per heavy atom. The maximum absolute atomic E-state index is 8.47. The number of thioether (sulfide) groups is 1. The van der Waals surface area contributed by atoms with Crippen LogP contribution in [-0.2, 0) is 0 Å². The van der Waals surface area contributed by atoms with Crippen LogP contribution in [0.4, 0.5) is 0 Å². The molecule has 0 heterocycles. The summed E-state index contributed by atoms with van der Waals surface area (Å²) in [5.74, 6) is 0. The zero-order chi connectivity index (χ0) is 10.4. The van der Waals surface area contributed by atoms with Crippen molar-refractivity contribution in [1.29, 1.82) is 5.26 Å². The maximum Gasteiger partial charge on any atom is 0.183 e. The van der Waals surface area contributed by atoms with E-state index in [1.54, 1.807) is 0 Å². The van der Waals surface area contributed by atoms with Gasteiger partial charge in [-0.25, -0.2) is 0 Å². The fourth-order valence-electron chi connectivity index (χ4n) is 1.85. The smallest absolute Gasteiger partial charge is 0.183 e. The molecule has 0 aliphatic heterocycles. The highest BCUT2D eigenvalue weighted by Crippen LogP contribution is 2.37. The average molecular weight is 211 g/mol. The van der Waals surface area contributed by atoms with Gasteiger partial charge in [-0.1, -0.05) is 31.5 Å². The molecule has 14 heavy (non-hydrogen) atoms. The van der Waals surface area contributed by atoms with Crippen LogP contribution in [0.5, 0.6) is 0 Å². The average Bonchev–Trinajstić information content (AvgIpc) is 2.60. The molecule has 78 valence electrons. The first-order valence-corrected chi connectivity index (χ1v) is 6.16. The second-order valence-electron chi connectivity index (χ2n) is 4.08. The van der Waals surface area contributed by atoms with Gasteiger partial charge in [0.25, 0.3) is 0 Å². The molecular formula is C10H17N3S. The largest absolute Gasteiger partial charge is 0.272 e. The molecule has 0 aromatic rings. The Bertz CT molecular complexity index is 249. The van der Waals surface area contributed by atoms with Gasteiger partial charge in [0.15, 0.2) is 11.4 Å². The summed E-state index contributed by atoms with van der Waals surface area (Å²) >= 11 is 1.49.